The summed E-state index contributed by atoms with van der Waals surface area (Å²) < 4.78 is 14.0. The number of carbonyl (C=O) groups excluding carboxylic acids is 2. The van der Waals surface area contributed by atoms with E-state index in [2.05, 4.69) is 25.7 Å². The Kier molecular flexibility index (Phi) is 7.22. The standard InChI is InChI=1S/C25H25Cl2FN6O2/c26-18-7-8-19(28)22(27)17(18)14-34-12-9-29-23-21(34)13-20(31-32-23)24(35)30-16-5-3-15(4-6-16)25(36)33-10-1-2-11-33/h3-8,21H,1-2,9-14H2,(H,29,32)(H,30,35). The molecule has 188 valence electrons. The van der Waals surface area contributed by atoms with Crippen LogP contribution in [-0.2, 0) is 11.3 Å². The van der Waals surface area contributed by atoms with E-state index < -0.39 is 5.82 Å². The number of likely N-dealkylation sites (tertiary alicyclic amines) is 1. The monoisotopic (exact) mass is 530 g/mol. The number of fused-ring (bicyclic) bond motifs is 1. The molecule has 0 aromatic heterocycles. The van der Waals surface area contributed by atoms with Crippen molar-refractivity contribution >= 4 is 52.3 Å². The zero-order chi connectivity index (χ0) is 25.2. The third kappa shape index (κ3) is 5.09. The predicted molar refractivity (Wildman–Crippen MR) is 138 cm³/mol. The summed E-state index contributed by atoms with van der Waals surface area (Å²) in [6.45, 7) is 3.00. The first kappa shape index (κ1) is 24.7. The number of rotatable bonds is 5. The highest BCUT2D eigenvalue weighted by atomic mass is 35.5. The highest BCUT2D eigenvalue weighted by Crippen LogP contribution is 2.30. The summed E-state index contributed by atoms with van der Waals surface area (Å²) in [5.41, 5.74) is 4.86. The van der Waals surface area contributed by atoms with Crippen molar-refractivity contribution in [3.63, 3.8) is 0 Å². The number of hydrogen-bond donors (Lipinski definition) is 2. The lowest BCUT2D eigenvalue weighted by atomic mass is 10.0. The van der Waals surface area contributed by atoms with E-state index >= 15 is 0 Å². The van der Waals surface area contributed by atoms with Gasteiger partial charge in [-0.1, -0.05) is 23.2 Å². The van der Waals surface area contributed by atoms with Crippen molar-refractivity contribution in [1.29, 1.82) is 0 Å². The van der Waals surface area contributed by atoms with E-state index in [-0.39, 0.29) is 22.9 Å². The molecule has 0 bridgehead atoms. The SMILES string of the molecule is O=C(Nc1ccc(C(=O)N2CCCC2)cc1)C1=NNC2=NCCN(Cc3c(Cl)ccc(F)c3Cl)C2C1. The number of amidine groups is 1. The molecule has 1 fully saturated rings. The van der Waals surface area contributed by atoms with Gasteiger partial charge in [0.15, 0.2) is 0 Å². The lowest BCUT2D eigenvalue weighted by Crippen LogP contribution is -2.54. The lowest BCUT2D eigenvalue weighted by Gasteiger charge is -2.37. The zero-order valence-corrected chi connectivity index (χ0v) is 20.9. The van der Waals surface area contributed by atoms with Crippen LogP contribution in [0.2, 0.25) is 10.0 Å². The molecule has 1 unspecified atom stereocenters. The highest BCUT2D eigenvalue weighted by molar-refractivity contribution is 6.44. The first-order chi connectivity index (χ1) is 17.4. The van der Waals surface area contributed by atoms with E-state index in [1.54, 1.807) is 24.3 Å². The third-order valence-corrected chi connectivity index (χ3v) is 7.43. The molecule has 11 heteroatoms. The Balaban J connectivity index is 1.25. The molecule has 8 nitrogen and oxygen atoms in total. The Morgan fingerprint density at radius 3 is 2.58 bits per heavy atom. The summed E-state index contributed by atoms with van der Waals surface area (Å²) in [6, 6.07) is 9.34. The Labute approximate surface area is 218 Å². The van der Waals surface area contributed by atoms with Gasteiger partial charge in [0.05, 0.1) is 17.6 Å². The number of carbonyl (C=O) groups is 2. The smallest absolute Gasteiger partial charge is 0.271 e. The number of aliphatic imine (C=N–C) groups is 1. The number of nitrogens with zero attached hydrogens (tertiary/aromatic N) is 4. The van der Waals surface area contributed by atoms with Gasteiger partial charge in [-0.25, -0.2) is 4.39 Å². The Bertz CT molecular complexity index is 1240. The van der Waals surface area contributed by atoms with Gasteiger partial charge in [-0.05, 0) is 49.2 Å². The second-order valence-corrected chi connectivity index (χ2v) is 9.77. The molecular formula is C25H25Cl2FN6O2. The number of benzene rings is 2. The number of nitrogens with one attached hydrogen (secondary N) is 2. The number of amides is 2. The molecular weight excluding hydrogens is 506 g/mol. The van der Waals surface area contributed by atoms with Gasteiger partial charge >= 0.3 is 0 Å². The van der Waals surface area contributed by atoms with E-state index in [4.69, 9.17) is 23.2 Å². The van der Waals surface area contributed by atoms with E-state index in [9.17, 15) is 14.0 Å². The van der Waals surface area contributed by atoms with Crippen LogP contribution in [0.25, 0.3) is 0 Å². The van der Waals surface area contributed by atoms with Gasteiger partial charge in [-0.3, -0.25) is 24.9 Å². The molecule has 1 saturated heterocycles. The van der Waals surface area contributed by atoms with Crippen molar-refractivity contribution in [3.05, 3.63) is 63.4 Å². The molecule has 2 amide bonds. The minimum Gasteiger partial charge on any atom is -0.339 e. The second-order valence-electron chi connectivity index (χ2n) is 8.98. The van der Waals surface area contributed by atoms with Crippen molar-refractivity contribution in [3.8, 4) is 0 Å². The van der Waals surface area contributed by atoms with Gasteiger partial charge in [0.25, 0.3) is 11.8 Å². The Morgan fingerprint density at radius 1 is 1.08 bits per heavy atom. The lowest BCUT2D eigenvalue weighted by molar-refractivity contribution is -0.110. The fourth-order valence-electron chi connectivity index (χ4n) is 4.67. The number of halogens is 3. The molecule has 2 aromatic carbocycles. The minimum atomic E-state index is -0.529. The molecule has 2 aromatic rings. The van der Waals surface area contributed by atoms with Crippen LogP contribution in [0.15, 0.2) is 46.5 Å². The van der Waals surface area contributed by atoms with Crippen LogP contribution in [0.3, 0.4) is 0 Å². The summed E-state index contributed by atoms with van der Waals surface area (Å²) in [4.78, 5) is 33.9. The fourth-order valence-corrected chi connectivity index (χ4v) is 5.16. The average Bonchev–Trinajstić information content (AvgIpc) is 3.44. The summed E-state index contributed by atoms with van der Waals surface area (Å²) in [7, 11) is 0. The van der Waals surface area contributed by atoms with Crippen LogP contribution in [0, 0.1) is 5.82 Å². The predicted octanol–water partition coefficient (Wildman–Crippen LogP) is 3.94. The quantitative estimate of drug-likeness (QED) is 0.573. The van der Waals surface area contributed by atoms with Crippen molar-refractivity contribution in [1.82, 2.24) is 15.2 Å². The van der Waals surface area contributed by atoms with Crippen molar-refractivity contribution in [2.75, 3.05) is 31.5 Å². The number of hydrazone groups is 1. The van der Waals surface area contributed by atoms with Crippen LogP contribution >= 0.6 is 23.2 Å². The molecule has 1 atom stereocenters. The van der Waals surface area contributed by atoms with Gasteiger partial charge in [0.2, 0.25) is 0 Å². The Morgan fingerprint density at radius 2 is 1.83 bits per heavy atom. The minimum absolute atomic E-state index is 0.00590. The zero-order valence-electron chi connectivity index (χ0n) is 19.4. The van der Waals surface area contributed by atoms with Gasteiger partial charge in [-0.15, -0.1) is 0 Å². The third-order valence-electron chi connectivity index (χ3n) is 6.66. The van der Waals surface area contributed by atoms with Crippen molar-refractivity contribution in [2.45, 2.75) is 31.8 Å². The molecule has 3 heterocycles. The first-order valence-corrected chi connectivity index (χ1v) is 12.6. The topological polar surface area (TPSA) is 89.4 Å². The van der Waals surface area contributed by atoms with Gasteiger partial charge in [0, 0.05) is 54.4 Å². The molecule has 0 saturated carbocycles. The highest BCUT2D eigenvalue weighted by Gasteiger charge is 2.34. The molecule has 3 aliphatic heterocycles. The average molecular weight is 531 g/mol. The molecule has 0 radical (unpaired) electrons. The summed E-state index contributed by atoms with van der Waals surface area (Å²) in [6.07, 6.45) is 2.38. The van der Waals surface area contributed by atoms with Gasteiger partial charge < -0.3 is 10.2 Å². The normalized spacial score (nSPS) is 19.8. The van der Waals surface area contributed by atoms with Crippen molar-refractivity contribution in [2.24, 2.45) is 10.1 Å². The van der Waals surface area contributed by atoms with Crippen molar-refractivity contribution < 1.29 is 14.0 Å². The second kappa shape index (κ2) is 10.5. The van der Waals surface area contributed by atoms with E-state index in [0.29, 0.717) is 59.4 Å². The summed E-state index contributed by atoms with van der Waals surface area (Å²) in [5, 5.41) is 7.45. The van der Waals surface area contributed by atoms with Gasteiger partial charge in [0.1, 0.15) is 17.4 Å². The van der Waals surface area contributed by atoms with Crippen LogP contribution in [0.5, 0.6) is 0 Å². The maximum absolute atomic E-state index is 14.0. The van der Waals surface area contributed by atoms with Crippen LogP contribution in [0.1, 0.15) is 35.2 Å². The van der Waals surface area contributed by atoms with E-state index in [1.807, 2.05) is 4.90 Å². The maximum Gasteiger partial charge on any atom is 0.271 e. The molecule has 5 rings (SSSR count). The Hall–Kier alpha value is -3.01. The molecule has 3 aliphatic rings. The van der Waals surface area contributed by atoms with E-state index in [1.165, 1.54) is 12.1 Å². The van der Waals surface area contributed by atoms with Gasteiger partial charge in [-0.2, -0.15) is 5.10 Å². The molecule has 36 heavy (non-hydrogen) atoms. The molecule has 0 spiro atoms. The maximum atomic E-state index is 14.0. The molecule has 0 aliphatic carbocycles. The fraction of sp³-hybridized carbons (Fsp3) is 0.360. The first-order valence-electron chi connectivity index (χ1n) is 11.8. The van der Waals surface area contributed by atoms with Crippen LogP contribution in [0.4, 0.5) is 10.1 Å². The van der Waals surface area contributed by atoms with Crippen LogP contribution < -0.4 is 10.7 Å². The number of hydrogen-bond acceptors (Lipinski definition) is 6. The summed E-state index contributed by atoms with van der Waals surface area (Å²) in [5.74, 6) is -0.230. The number of anilines is 1. The van der Waals surface area contributed by atoms with Crippen LogP contribution in [-0.4, -0.2) is 65.4 Å². The largest absolute Gasteiger partial charge is 0.339 e. The van der Waals surface area contributed by atoms with E-state index in [0.717, 1.165) is 25.9 Å². The molecule has 2 N–H and O–H groups in total. The summed E-state index contributed by atoms with van der Waals surface area (Å²) >= 11 is 12.5.